The maximum Gasteiger partial charge on any atom is 0.220 e. The highest BCUT2D eigenvalue weighted by Gasteiger charge is 2.24. The fraction of sp³-hybridized carbons (Fsp3) is 0.632. The zero-order valence-electron chi connectivity index (χ0n) is 14.2. The number of piperidine rings is 1. The molecule has 0 aliphatic carbocycles. The molecule has 2 unspecified atom stereocenters. The quantitative estimate of drug-likeness (QED) is 0.848. The molecule has 1 aliphatic rings. The number of amides is 1. The second kappa shape index (κ2) is 7.77. The van der Waals surface area contributed by atoms with E-state index < -0.39 is 0 Å². The topological polar surface area (TPSA) is 41.1 Å². The summed E-state index contributed by atoms with van der Waals surface area (Å²) in [6.45, 7) is 9.43. The molecule has 0 radical (unpaired) electrons. The summed E-state index contributed by atoms with van der Waals surface area (Å²) in [7, 11) is 0. The van der Waals surface area contributed by atoms with Gasteiger partial charge in [0.25, 0.3) is 0 Å². The molecule has 3 heteroatoms. The zero-order chi connectivity index (χ0) is 16.0. The fourth-order valence-electron chi connectivity index (χ4n) is 3.21. The molecule has 3 nitrogen and oxygen atoms in total. The summed E-state index contributed by atoms with van der Waals surface area (Å²) in [4.78, 5) is 12.2. The molecule has 2 N–H and O–H groups in total. The lowest BCUT2D eigenvalue weighted by Gasteiger charge is -2.29. The first kappa shape index (κ1) is 17.0. The van der Waals surface area contributed by atoms with E-state index in [2.05, 4.69) is 55.7 Å². The van der Waals surface area contributed by atoms with Gasteiger partial charge < -0.3 is 10.6 Å². The summed E-state index contributed by atoms with van der Waals surface area (Å²) in [6.07, 6.45) is 3.12. The van der Waals surface area contributed by atoms with Gasteiger partial charge in [-0.25, -0.2) is 0 Å². The summed E-state index contributed by atoms with van der Waals surface area (Å²) < 4.78 is 0. The van der Waals surface area contributed by atoms with Gasteiger partial charge in [0, 0.05) is 18.4 Å². The lowest BCUT2D eigenvalue weighted by atomic mass is 9.83. The minimum absolute atomic E-state index is 0.0352. The maximum atomic E-state index is 12.2. The van der Waals surface area contributed by atoms with Crippen LogP contribution in [0, 0.1) is 11.8 Å². The lowest BCUT2D eigenvalue weighted by molar-refractivity contribution is -0.122. The first-order chi connectivity index (χ1) is 10.5. The van der Waals surface area contributed by atoms with Gasteiger partial charge in [-0.3, -0.25) is 4.79 Å². The molecule has 1 aliphatic heterocycles. The van der Waals surface area contributed by atoms with Crippen molar-refractivity contribution in [2.75, 3.05) is 19.6 Å². The van der Waals surface area contributed by atoms with Gasteiger partial charge in [0.05, 0.1) is 0 Å². The third-order valence-electron chi connectivity index (χ3n) is 4.93. The van der Waals surface area contributed by atoms with Gasteiger partial charge >= 0.3 is 0 Å². The fourth-order valence-corrected chi connectivity index (χ4v) is 3.21. The molecular weight excluding hydrogens is 272 g/mol. The molecule has 0 spiro atoms. The van der Waals surface area contributed by atoms with Crippen molar-refractivity contribution in [1.29, 1.82) is 0 Å². The first-order valence-electron chi connectivity index (χ1n) is 8.52. The molecule has 1 amide bonds. The van der Waals surface area contributed by atoms with Crippen LogP contribution in [-0.4, -0.2) is 25.5 Å². The molecule has 22 heavy (non-hydrogen) atoms. The van der Waals surface area contributed by atoms with Crippen LogP contribution in [0.25, 0.3) is 0 Å². The molecular formula is C19H30N2O. The molecule has 2 atom stereocenters. The van der Waals surface area contributed by atoms with Gasteiger partial charge in [0.15, 0.2) is 0 Å². The smallest absolute Gasteiger partial charge is 0.220 e. The Labute approximate surface area is 134 Å². The Morgan fingerprint density at radius 3 is 2.73 bits per heavy atom. The second-order valence-electron chi connectivity index (χ2n) is 7.31. The van der Waals surface area contributed by atoms with Crippen molar-refractivity contribution in [2.45, 2.75) is 45.4 Å². The predicted molar refractivity (Wildman–Crippen MR) is 91.9 cm³/mol. The van der Waals surface area contributed by atoms with Crippen LogP contribution in [0.3, 0.4) is 0 Å². The van der Waals surface area contributed by atoms with E-state index >= 15 is 0 Å². The standard InChI is InChI=1S/C19H30N2O/c1-15(16-8-7-11-20-13-16)12-18(22)21-14-19(2,3)17-9-5-4-6-10-17/h4-6,9-10,15-16,20H,7-8,11-14H2,1-3H3,(H,21,22). The molecule has 1 heterocycles. The number of nitrogens with one attached hydrogen (secondary N) is 2. The monoisotopic (exact) mass is 302 g/mol. The first-order valence-corrected chi connectivity index (χ1v) is 8.52. The van der Waals surface area contributed by atoms with Gasteiger partial charge in [-0.2, -0.15) is 0 Å². The van der Waals surface area contributed by atoms with E-state index in [1.807, 2.05) is 6.07 Å². The molecule has 2 rings (SSSR count). The van der Waals surface area contributed by atoms with E-state index in [9.17, 15) is 4.79 Å². The number of hydrogen-bond acceptors (Lipinski definition) is 2. The number of carbonyl (C=O) groups excluding carboxylic acids is 1. The predicted octanol–water partition coefficient (Wildman–Crippen LogP) is 3.11. The molecule has 1 fully saturated rings. The number of rotatable bonds is 6. The highest BCUT2D eigenvalue weighted by atomic mass is 16.1. The molecule has 122 valence electrons. The highest BCUT2D eigenvalue weighted by molar-refractivity contribution is 5.76. The third kappa shape index (κ3) is 4.84. The van der Waals surface area contributed by atoms with Crippen LogP contribution in [0.4, 0.5) is 0 Å². The lowest BCUT2D eigenvalue weighted by Crippen LogP contribution is -2.39. The van der Waals surface area contributed by atoms with Crippen molar-refractivity contribution in [3.63, 3.8) is 0 Å². The van der Waals surface area contributed by atoms with Gasteiger partial charge in [-0.15, -0.1) is 0 Å². The van der Waals surface area contributed by atoms with Crippen molar-refractivity contribution in [3.05, 3.63) is 35.9 Å². The minimum atomic E-state index is -0.0352. The van der Waals surface area contributed by atoms with Gasteiger partial charge in [-0.1, -0.05) is 51.1 Å². The van der Waals surface area contributed by atoms with E-state index in [1.165, 1.54) is 18.4 Å². The minimum Gasteiger partial charge on any atom is -0.355 e. The molecule has 0 aromatic heterocycles. The van der Waals surface area contributed by atoms with Crippen LogP contribution in [-0.2, 0) is 10.2 Å². The normalized spacial score (nSPS) is 20.4. The van der Waals surface area contributed by atoms with Crippen molar-refractivity contribution in [1.82, 2.24) is 10.6 Å². The van der Waals surface area contributed by atoms with Crippen LogP contribution in [0.5, 0.6) is 0 Å². The Balaban J connectivity index is 1.79. The van der Waals surface area contributed by atoms with E-state index in [-0.39, 0.29) is 11.3 Å². The average Bonchev–Trinajstić information content (AvgIpc) is 2.55. The van der Waals surface area contributed by atoms with Crippen molar-refractivity contribution in [2.24, 2.45) is 11.8 Å². The summed E-state index contributed by atoms with van der Waals surface area (Å²) >= 11 is 0. The average molecular weight is 302 g/mol. The Hall–Kier alpha value is -1.35. The Bertz CT molecular complexity index is 464. The molecule has 0 saturated carbocycles. The van der Waals surface area contributed by atoms with Gasteiger partial charge in [0.2, 0.25) is 5.91 Å². The maximum absolute atomic E-state index is 12.2. The van der Waals surface area contributed by atoms with Crippen LogP contribution in [0.1, 0.15) is 45.6 Å². The summed E-state index contributed by atoms with van der Waals surface area (Å²) in [6, 6.07) is 10.4. The van der Waals surface area contributed by atoms with Crippen LogP contribution < -0.4 is 10.6 Å². The Morgan fingerprint density at radius 2 is 2.09 bits per heavy atom. The highest BCUT2D eigenvalue weighted by Crippen LogP contribution is 2.24. The molecule has 1 aromatic carbocycles. The number of hydrogen-bond donors (Lipinski definition) is 2. The summed E-state index contributed by atoms with van der Waals surface area (Å²) in [5.41, 5.74) is 1.23. The van der Waals surface area contributed by atoms with Crippen molar-refractivity contribution in [3.8, 4) is 0 Å². The second-order valence-corrected chi connectivity index (χ2v) is 7.31. The van der Waals surface area contributed by atoms with Gasteiger partial charge in [0.1, 0.15) is 0 Å². The van der Waals surface area contributed by atoms with Crippen LogP contribution in [0.2, 0.25) is 0 Å². The molecule has 0 bridgehead atoms. The third-order valence-corrected chi connectivity index (χ3v) is 4.93. The largest absolute Gasteiger partial charge is 0.355 e. The van der Waals surface area contributed by atoms with Crippen molar-refractivity contribution < 1.29 is 4.79 Å². The number of benzene rings is 1. The Kier molecular flexibility index (Phi) is 6.01. The van der Waals surface area contributed by atoms with E-state index in [1.54, 1.807) is 0 Å². The summed E-state index contributed by atoms with van der Waals surface area (Å²) in [5, 5.41) is 6.57. The zero-order valence-corrected chi connectivity index (χ0v) is 14.2. The molecule has 1 aromatic rings. The SMILES string of the molecule is CC(CC(=O)NCC(C)(C)c1ccccc1)C1CCCNC1. The van der Waals surface area contributed by atoms with Crippen LogP contribution >= 0.6 is 0 Å². The van der Waals surface area contributed by atoms with E-state index in [0.717, 1.165) is 13.1 Å². The van der Waals surface area contributed by atoms with Gasteiger partial charge in [-0.05, 0) is 43.3 Å². The van der Waals surface area contributed by atoms with Crippen LogP contribution in [0.15, 0.2) is 30.3 Å². The molecule has 1 saturated heterocycles. The number of carbonyl (C=O) groups is 1. The van der Waals surface area contributed by atoms with E-state index in [0.29, 0.717) is 24.8 Å². The Morgan fingerprint density at radius 1 is 1.36 bits per heavy atom. The van der Waals surface area contributed by atoms with E-state index in [4.69, 9.17) is 0 Å². The summed E-state index contributed by atoms with van der Waals surface area (Å²) in [5.74, 6) is 1.27. The van der Waals surface area contributed by atoms with Crippen molar-refractivity contribution >= 4 is 5.91 Å².